The highest BCUT2D eigenvalue weighted by Crippen LogP contribution is 2.31. The van der Waals surface area contributed by atoms with Crippen molar-refractivity contribution >= 4 is 27.5 Å². The molecule has 0 aliphatic carbocycles. The van der Waals surface area contributed by atoms with Gasteiger partial charge in [-0.15, -0.1) is 11.3 Å². The van der Waals surface area contributed by atoms with E-state index in [0.29, 0.717) is 23.9 Å². The summed E-state index contributed by atoms with van der Waals surface area (Å²) in [6, 6.07) is 11.3. The minimum absolute atomic E-state index is 0.225. The normalized spacial score (nSPS) is 11.2. The van der Waals surface area contributed by atoms with Crippen molar-refractivity contribution in [2.45, 2.75) is 19.9 Å². The number of aryl methyl sites for hydroxylation is 1. The van der Waals surface area contributed by atoms with Crippen LogP contribution in [-0.2, 0) is 13.0 Å². The van der Waals surface area contributed by atoms with Crippen LogP contribution in [0.4, 0.5) is 0 Å². The van der Waals surface area contributed by atoms with Crippen LogP contribution in [0.5, 0.6) is 0 Å². The SMILES string of the molecule is CCc1noc(CN(C)C(=O)c2ccc(-c3nc4ccccc4s3)o2)n1. The van der Waals surface area contributed by atoms with E-state index in [-0.39, 0.29) is 18.2 Å². The van der Waals surface area contributed by atoms with Gasteiger partial charge in [-0.3, -0.25) is 4.79 Å². The lowest BCUT2D eigenvalue weighted by atomic mass is 10.3. The van der Waals surface area contributed by atoms with Crippen LogP contribution in [-0.4, -0.2) is 33.0 Å². The second-order valence-electron chi connectivity index (χ2n) is 5.77. The van der Waals surface area contributed by atoms with E-state index in [4.69, 9.17) is 8.94 Å². The second kappa shape index (κ2) is 6.72. The smallest absolute Gasteiger partial charge is 0.289 e. The minimum atomic E-state index is -0.256. The lowest BCUT2D eigenvalue weighted by Gasteiger charge is -2.12. The molecule has 0 fully saturated rings. The Kier molecular flexibility index (Phi) is 4.26. The highest BCUT2D eigenvalue weighted by Gasteiger charge is 2.20. The van der Waals surface area contributed by atoms with E-state index in [1.165, 1.54) is 16.2 Å². The van der Waals surface area contributed by atoms with Crippen LogP contribution in [0.25, 0.3) is 21.0 Å². The van der Waals surface area contributed by atoms with E-state index in [9.17, 15) is 4.79 Å². The number of aromatic nitrogens is 3. The number of rotatable bonds is 5. The number of para-hydroxylation sites is 1. The number of nitrogens with zero attached hydrogens (tertiary/aromatic N) is 4. The zero-order valence-electron chi connectivity index (χ0n) is 14.3. The van der Waals surface area contributed by atoms with Crippen LogP contribution in [0.2, 0.25) is 0 Å². The van der Waals surface area contributed by atoms with Gasteiger partial charge in [-0.25, -0.2) is 4.98 Å². The van der Waals surface area contributed by atoms with Crippen LogP contribution in [0.15, 0.2) is 45.3 Å². The topological polar surface area (TPSA) is 85.3 Å². The predicted molar refractivity (Wildman–Crippen MR) is 96.8 cm³/mol. The fourth-order valence-corrected chi connectivity index (χ4v) is 3.43. The zero-order chi connectivity index (χ0) is 18.1. The average Bonchev–Trinajstić information content (AvgIpc) is 3.38. The van der Waals surface area contributed by atoms with Crippen LogP contribution in [0, 0.1) is 0 Å². The maximum atomic E-state index is 12.6. The fourth-order valence-electron chi connectivity index (χ4n) is 2.51. The molecule has 3 aromatic heterocycles. The Bertz CT molecular complexity index is 1030. The van der Waals surface area contributed by atoms with Gasteiger partial charge in [-0.1, -0.05) is 24.2 Å². The van der Waals surface area contributed by atoms with Gasteiger partial charge in [0, 0.05) is 13.5 Å². The first-order chi connectivity index (χ1) is 12.6. The molecule has 0 N–H and O–H groups in total. The van der Waals surface area contributed by atoms with Gasteiger partial charge in [0.2, 0.25) is 5.89 Å². The quantitative estimate of drug-likeness (QED) is 0.533. The van der Waals surface area contributed by atoms with Crippen molar-refractivity contribution in [1.29, 1.82) is 0 Å². The largest absolute Gasteiger partial charge is 0.448 e. The van der Waals surface area contributed by atoms with Crippen molar-refractivity contribution in [2.24, 2.45) is 0 Å². The molecule has 0 unspecified atom stereocenters. The first kappa shape index (κ1) is 16.5. The van der Waals surface area contributed by atoms with E-state index < -0.39 is 0 Å². The zero-order valence-corrected chi connectivity index (χ0v) is 15.1. The molecule has 26 heavy (non-hydrogen) atoms. The third kappa shape index (κ3) is 3.11. The molecule has 8 heteroatoms. The molecule has 4 aromatic rings. The maximum absolute atomic E-state index is 12.6. The molecule has 0 saturated carbocycles. The summed E-state index contributed by atoms with van der Waals surface area (Å²) in [7, 11) is 1.66. The Balaban J connectivity index is 1.51. The third-order valence-electron chi connectivity index (χ3n) is 3.87. The van der Waals surface area contributed by atoms with E-state index in [2.05, 4.69) is 15.1 Å². The van der Waals surface area contributed by atoms with Crippen LogP contribution in [0.3, 0.4) is 0 Å². The van der Waals surface area contributed by atoms with Gasteiger partial charge in [0.1, 0.15) is 6.54 Å². The number of amides is 1. The molecule has 4 rings (SSSR count). The molecule has 7 nitrogen and oxygen atoms in total. The van der Waals surface area contributed by atoms with Gasteiger partial charge in [-0.2, -0.15) is 4.98 Å². The van der Waals surface area contributed by atoms with E-state index in [1.807, 2.05) is 31.2 Å². The number of thiazole rings is 1. The highest BCUT2D eigenvalue weighted by atomic mass is 32.1. The number of carbonyl (C=O) groups excluding carboxylic acids is 1. The summed E-state index contributed by atoms with van der Waals surface area (Å²) in [5.41, 5.74) is 0.914. The monoisotopic (exact) mass is 368 g/mol. The molecule has 0 atom stereocenters. The second-order valence-corrected chi connectivity index (χ2v) is 6.80. The molecule has 0 saturated heterocycles. The first-order valence-electron chi connectivity index (χ1n) is 8.16. The molecule has 0 radical (unpaired) electrons. The van der Waals surface area contributed by atoms with Crippen molar-refractivity contribution in [1.82, 2.24) is 20.0 Å². The van der Waals surface area contributed by atoms with Crippen LogP contribution >= 0.6 is 11.3 Å². The minimum Gasteiger partial charge on any atom is -0.448 e. The molecular weight excluding hydrogens is 352 g/mol. The third-order valence-corrected chi connectivity index (χ3v) is 4.92. The van der Waals surface area contributed by atoms with Crippen molar-refractivity contribution < 1.29 is 13.7 Å². The fraction of sp³-hybridized carbons (Fsp3) is 0.222. The standard InChI is InChI=1S/C18H16N4O3S/c1-3-15-20-16(25-21-15)10-22(2)18(23)13-9-8-12(24-13)17-19-11-6-4-5-7-14(11)26-17/h4-9H,3,10H2,1-2H3. The molecule has 0 bridgehead atoms. The summed E-state index contributed by atoms with van der Waals surface area (Å²) in [6.45, 7) is 2.17. The molecule has 0 aliphatic heterocycles. The summed E-state index contributed by atoms with van der Waals surface area (Å²) >= 11 is 1.53. The summed E-state index contributed by atoms with van der Waals surface area (Å²) in [4.78, 5) is 22.8. The lowest BCUT2D eigenvalue weighted by Crippen LogP contribution is -2.25. The van der Waals surface area contributed by atoms with Crippen molar-refractivity contribution in [2.75, 3.05) is 7.05 Å². The Hall–Kier alpha value is -3.00. The summed E-state index contributed by atoms with van der Waals surface area (Å²) in [6.07, 6.45) is 0.685. The van der Waals surface area contributed by atoms with E-state index in [0.717, 1.165) is 15.2 Å². The van der Waals surface area contributed by atoms with Crippen molar-refractivity contribution in [3.63, 3.8) is 0 Å². The van der Waals surface area contributed by atoms with Gasteiger partial charge >= 0.3 is 0 Å². The maximum Gasteiger partial charge on any atom is 0.289 e. The summed E-state index contributed by atoms with van der Waals surface area (Å²) < 4.78 is 11.9. The Morgan fingerprint density at radius 2 is 2.04 bits per heavy atom. The number of hydrogen-bond donors (Lipinski definition) is 0. The van der Waals surface area contributed by atoms with Gasteiger partial charge in [-0.05, 0) is 24.3 Å². The lowest BCUT2D eigenvalue weighted by molar-refractivity contribution is 0.0739. The van der Waals surface area contributed by atoms with Crippen molar-refractivity contribution in [3.05, 3.63) is 53.9 Å². The molecule has 132 valence electrons. The van der Waals surface area contributed by atoms with Crippen LogP contribution < -0.4 is 0 Å². The number of furan rings is 1. The molecule has 0 spiro atoms. The highest BCUT2D eigenvalue weighted by molar-refractivity contribution is 7.21. The number of hydrogen-bond acceptors (Lipinski definition) is 7. The molecule has 1 aromatic carbocycles. The predicted octanol–water partition coefficient (Wildman–Crippen LogP) is 3.77. The number of carbonyl (C=O) groups is 1. The van der Waals surface area contributed by atoms with E-state index >= 15 is 0 Å². The number of fused-ring (bicyclic) bond motifs is 1. The Morgan fingerprint density at radius 1 is 1.19 bits per heavy atom. The Labute approximate surface area is 153 Å². The molecule has 1 amide bonds. The van der Waals surface area contributed by atoms with Gasteiger partial charge in [0.15, 0.2) is 22.4 Å². The van der Waals surface area contributed by atoms with Crippen LogP contribution in [0.1, 0.15) is 29.2 Å². The van der Waals surface area contributed by atoms with Crippen molar-refractivity contribution in [3.8, 4) is 10.8 Å². The first-order valence-corrected chi connectivity index (χ1v) is 8.98. The van der Waals surface area contributed by atoms with E-state index in [1.54, 1.807) is 19.2 Å². The summed E-state index contributed by atoms with van der Waals surface area (Å²) in [5.74, 6) is 1.59. The summed E-state index contributed by atoms with van der Waals surface area (Å²) in [5, 5.41) is 4.58. The van der Waals surface area contributed by atoms with Gasteiger partial charge in [0.05, 0.1) is 10.2 Å². The number of benzene rings is 1. The Morgan fingerprint density at radius 3 is 2.81 bits per heavy atom. The molecule has 0 aliphatic rings. The average molecular weight is 368 g/mol. The molecule has 3 heterocycles. The van der Waals surface area contributed by atoms with Gasteiger partial charge < -0.3 is 13.8 Å². The van der Waals surface area contributed by atoms with Gasteiger partial charge in [0.25, 0.3) is 5.91 Å². The molecular formula is C18H16N4O3S.